The van der Waals surface area contributed by atoms with E-state index in [-0.39, 0.29) is 6.04 Å². The van der Waals surface area contributed by atoms with E-state index in [2.05, 4.69) is 46.5 Å². The second-order valence-corrected chi connectivity index (χ2v) is 5.70. The Morgan fingerprint density at radius 1 is 1.09 bits per heavy atom. The molecule has 114 valence electrons. The SMILES string of the molecule is N[C@H](Cc1c[nH]c2ccccc12)c1ccccc1-n1ccnc1. The lowest BCUT2D eigenvalue weighted by molar-refractivity contribution is 0.718. The van der Waals surface area contributed by atoms with Gasteiger partial charge in [0.1, 0.15) is 0 Å². The lowest BCUT2D eigenvalue weighted by Gasteiger charge is -2.16. The zero-order valence-corrected chi connectivity index (χ0v) is 12.7. The molecule has 0 fully saturated rings. The van der Waals surface area contributed by atoms with Gasteiger partial charge in [0.2, 0.25) is 0 Å². The molecule has 0 unspecified atom stereocenters. The molecule has 0 saturated carbocycles. The number of aromatic nitrogens is 3. The average molecular weight is 302 g/mol. The van der Waals surface area contributed by atoms with Gasteiger partial charge in [-0.3, -0.25) is 0 Å². The summed E-state index contributed by atoms with van der Waals surface area (Å²) in [6, 6.07) is 16.5. The normalized spacial score (nSPS) is 12.6. The molecule has 2 aromatic heterocycles. The summed E-state index contributed by atoms with van der Waals surface area (Å²) in [6.45, 7) is 0. The van der Waals surface area contributed by atoms with Crippen LogP contribution in [0.4, 0.5) is 0 Å². The fraction of sp³-hybridized carbons (Fsp3) is 0.105. The van der Waals surface area contributed by atoms with Crippen LogP contribution in [0.3, 0.4) is 0 Å². The lowest BCUT2D eigenvalue weighted by Crippen LogP contribution is -2.15. The molecular weight excluding hydrogens is 284 g/mol. The fourth-order valence-electron chi connectivity index (χ4n) is 3.09. The summed E-state index contributed by atoms with van der Waals surface area (Å²) in [4.78, 5) is 7.45. The van der Waals surface area contributed by atoms with Crippen LogP contribution in [0.2, 0.25) is 0 Å². The third-order valence-electron chi connectivity index (χ3n) is 4.23. The molecule has 0 aliphatic carbocycles. The van der Waals surface area contributed by atoms with Crippen molar-refractivity contribution >= 4 is 10.9 Å². The van der Waals surface area contributed by atoms with E-state index in [1.807, 2.05) is 29.0 Å². The van der Waals surface area contributed by atoms with Crippen LogP contribution in [0.1, 0.15) is 17.2 Å². The van der Waals surface area contributed by atoms with Crippen LogP contribution in [0, 0.1) is 0 Å². The van der Waals surface area contributed by atoms with Crippen LogP contribution in [0.25, 0.3) is 16.6 Å². The number of nitrogens with one attached hydrogen (secondary N) is 1. The molecule has 2 heterocycles. The van der Waals surface area contributed by atoms with Crippen molar-refractivity contribution in [2.75, 3.05) is 0 Å². The summed E-state index contributed by atoms with van der Waals surface area (Å²) in [5.74, 6) is 0. The summed E-state index contributed by atoms with van der Waals surface area (Å²) in [5.41, 5.74) is 11.1. The third kappa shape index (κ3) is 2.53. The Bertz CT molecular complexity index is 921. The maximum Gasteiger partial charge on any atom is 0.0991 e. The highest BCUT2D eigenvalue weighted by Crippen LogP contribution is 2.26. The number of benzene rings is 2. The second-order valence-electron chi connectivity index (χ2n) is 5.70. The zero-order valence-electron chi connectivity index (χ0n) is 12.7. The van der Waals surface area contributed by atoms with E-state index in [1.54, 1.807) is 12.5 Å². The first-order valence-electron chi connectivity index (χ1n) is 7.71. The first-order valence-corrected chi connectivity index (χ1v) is 7.71. The van der Waals surface area contributed by atoms with Crippen LogP contribution >= 0.6 is 0 Å². The van der Waals surface area contributed by atoms with E-state index in [4.69, 9.17) is 5.73 Å². The molecule has 0 spiro atoms. The van der Waals surface area contributed by atoms with Crippen molar-refractivity contribution in [3.05, 3.63) is 84.6 Å². The molecule has 0 bridgehead atoms. The summed E-state index contributed by atoms with van der Waals surface area (Å²) < 4.78 is 2.00. The van der Waals surface area contributed by atoms with Gasteiger partial charge in [-0.25, -0.2) is 4.98 Å². The number of hydrogen-bond acceptors (Lipinski definition) is 2. The summed E-state index contributed by atoms with van der Waals surface area (Å²) in [7, 11) is 0. The highest BCUT2D eigenvalue weighted by molar-refractivity contribution is 5.83. The quantitative estimate of drug-likeness (QED) is 0.605. The Hall–Kier alpha value is -2.85. The zero-order chi connectivity index (χ0) is 15.6. The van der Waals surface area contributed by atoms with E-state index in [9.17, 15) is 0 Å². The summed E-state index contributed by atoms with van der Waals surface area (Å²) >= 11 is 0. The van der Waals surface area contributed by atoms with Crippen molar-refractivity contribution in [2.24, 2.45) is 5.73 Å². The van der Waals surface area contributed by atoms with Crippen molar-refractivity contribution in [3.8, 4) is 5.69 Å². The number of hydrogen-bond donors (Lipinski definition) is 2. The first kappa shape index (κ1) is 13.8. The van der Waals surface area contributed by atoms with E-state index in [0.717, 1.165) is 23.2 Å². The maximum absolute atomic E-state index is 6.54. The maximum atomic E-state index is 6.54. The van der Waals surface area contributed by atoms with Gasteiger partial charge in [-0.2, -0.15) is 0 Å². The topological polar surface area (TPSA) is 59.6 Å². The highest BCUT2D eigenvalue weighted by Gasteiger charge is 2.14. The van der Waals surface area contributed by atoms with Crippen molar-refractivity contribution in [1.29, 1.82) is 0 Å². The minimum Gasteiger partial charge on any atom is -0.361 e. The lowest BCUT2D eigenvalue weighted by atomic mass is 9.98. The Morgan fingerprint density at radius 2 is 1.91 bits per heavy atom. The Labute approximate surface area is 134 Å². The smallest absolute Gasteiger partial charge is 0.0991 e. The molecule has 1 atom stereocenters. The van der Waals surface area contributed by atoms with Gasteiger partial charge in [0.15, 0.2) is 0 Å². The number of H-pyrrole nitrogens is 1. The number of aromatic amines is 1. The van der Waals surface area contributed by atoms with Gasteiger partial charge in [-0.15, -0.1) is 0 Å². The van der Waals surface area contributed by atoms with Gasteiger partial charge in [0.25, 0.3) is 0 Å². The Morgan fingerprint density at radius 3 is 2.78 bits per heavy atom. The van der Waals surface area contributed by atoms with Crippen LogP contribution in [0.15, 0.2) is 73.4 Å². The highest BCUT2D eigenvalue weighted by atomic mass is 15.0. The number of para-hydroxylation sites is 2. The number of fused-ring (bicyclic) bond motifs is 1. The van der Waals surface area contributed by atoms with Gasteiger partial charge in [0, 0.05) is 35.5 Å². The van der Waals surface area contributed by atoms with Crippen LogP contribution in [-0.4, -0.2) is 14.5 Å². The largest absolute Gasteiger partial charge is 0.361 e. The third-order valence-corrected chi connectivity index (χ3v) is 4.23. The molecular formula is C19H18N4. The van der Waals surface area contributed by atoms with Gasteiger partial charge in [-0.05, 0) is 29.7 Å². The molecule has 3 N–H and O–H groups in total. The number of nitrogens with two attached hydrogens (primary N) is 1. The van der Waals surface area contributed by atoms with E-state index in [0.29, 0.717) is 0 Å². The number of rotatable bonds is 4. The average Bonchev–Trinajstić information content (AvgIpc) is 3.25. The minimum absolute atomic E-state index is 0.0761. The standard InChI is InChI=1S/C19H18N4/c20-17(11-14-12-22-18-7-3-1-5-15(14)18)16-6-2-4-8-19(16)23-10-9-21-13-23/h1-10,12-13,17,22H,11,20H2/t17-/m1/s1. The molecule has 0 radical (unpaired) electrons. The summed E-state index contributed by atoms with van der Waals surface area (Å²) in [5, 5.41) is 1.24. The molecule has 2 aromatic carbocycles. The van der Waals surface area contributed by atoms with Crippen LogP contribution in [-0.2, 0) is 6.42 Å². The minimum atomic E-state index is -0.0761. The van der Waals surface area contributed by atoms with E-state index in [1.165, 1.54) is 10.9 Å². The molecule has 4 rings (SSSR count). The van der Waals surface area contributed by atoms with Crippen molar-refractivity contribution < 1.29 is 0 Å². The van der Waals surface area contributed by atoms with Gasteiger partial charge in [-0.1, -0.05) is 36.4 Å². The molecule has 23 heavy (non-hydrogen) atoms. The molecule has 0 amide bonds. The Balaban J connectivity index is 1.69. The Kier molecular flexibility index (Phi) is 3.44. The number of imidazole rings is 1. The predicted molar refractivity (Wildman–Crippen MR) is 92.5 cm³/mol. The number of nitrogens with zero attached hydrogens (tertiary/aromatic N) is 2. The molecule has 4 heteroatoms. The summed E-state index contributed by atoms with van der Waals surface area (Å²) in [6.07, 6.45) is 8.37. The predicted octanol–water partition coefficient (Wildman–Crippen LogP) is 3.60. The van der Waals surface area contributed by atoms with E-state index < -0.39 is 0 Å². The first-order chi connectivity index (χ1) is 11.3. The van der Waals surface area contributed by atoms with Gasteiger partial charge in [0.05, 0.1) is 12.0 Å². The fourth-order valence-corrected chi connectivity index (χ4v) is 3.09. The molecule has 4 aromatic rings. The molecule has 0 saturated heterocycles. The van der Waals surface area contributed by atoms with Crippen molar-refractivity contribution in [3.63, 3.8) is 0 Å². The van der Waals surface area contributed by atoms with Crippen LogP contribution in [0.5, 0.6) is 0 Å². The van der Waals surface area contributed by atoms with Gasteiger partial charge < -0.3 is 15.3 Å². The van der Waals surface area contributed by atoms with Crippen molar-refractivity contribution in [1.82, 2.24) is 14.5 Å². The van der Waals surface area contributed by atoms with Crippen LogP contribution < -0.4 is 5.73 Å². The monoisotopic (exact) mass is 302 g/mol. The van der Waals surface area contributed by atoms with Crippen molar-refractivity contribution in [2.45, 2.75) is 12.5 Å². The molecule has 0 aliphatic rings. The van der Waals surface area contributed by atoms with Gasteiger partial charge >= 0.3 is 0 Å². The second kappa shape index (κ2) is 5.74. The molecule has 0 aliphatic heterocycles. The van der Waals surface area contributed by atoms with E-state index >= 15 is 0 Å². The molecule has 4 nitrogen and oxygen atoms in total.